The molecule has 0 aliphatic carbocycles. The summed E-state index contributed by atoms with van der Waals surface area (Å²) < 4.78 is 46.9. The second-order valence-electron chi connectivity index (χ2n) is 4.49. The van der Waals surface area contributed by atoms with Crippen molar-refractivity contribution in [1.82, 2.24) is 0 Å². The van der Waals surface area contributed by atoms with Gasteiger partial charge in [0.25, 0.3) is 0 Å². The van der Waals surface area contributed by atoms with Crippen molar-refractivity contribution in [2.24, 2.45) is 0 Å². The SMILES string of the molecule is CC/C=C\COc1cc2ccc(C)c(F)c2c(F)c1F. The van der Waals surface area contributed by atoms with Gasteiger partial charge >= 0.3 is 0 Å². The number of halogens is 3. The van der Waals surface area contributed by atoms with Gasteiger partial charge in [-0.05, 0) is 30.4 Å². The molecule has 0 saturated heterocycles. The summed E-state index contributed by atoms with van der Waals surface area (Å²) in [5, 5.41) is -0.0552. The molecule has 106 valence electrons. The molecule has 0 fully saturated rings. The zero-order valence-corrected chi connectivity index (χ0v) is 11.3. The van der Waals surface area contributed by atoms with Gasteiger partial charge in [-0.25, -0.2) is 8.78 Å². The summed E-state index contributed by atoms with van der Waals surface area (Å²) in [7, 11) is 0. The highest BCUT2D eigenvalue weighted by atomic mass is 19.2. The van der Waals surface area contributed by atoms with Gasteiger partial charge < -0.3 is 4.74 Å². The Bertz CT molecular complexity index is 663. The van der Waals surface area contributed by atoms with E-state index in [-0.39, 0.29) is 28.7 Å². The lowest BCUT2D eigenvalue weighted by molar-refractivity contribution is 0.333. The number of fused-ring (bicyclic) bond motifs is 1. The summed E-state index contributed by atoms with van der Waals surface area (Å²) in [6.45, 7) is 3.61. The number of ether oxygens (including phenoxy) is 1. The van der Waals surface area contributed by atoms with Crippen molar-refractivity contribution < 1.29 is 17.9 Å². The summed E-state index contributed by atoms with van der Waals surface area (Å²) in [5.41, 5.74) is 0.273. The van der Waals surface area contributed by atoms with Crippen molar-refractivity contribution in [3.63, 3.8) is 0 Å². The monoisotopic (exact) mass is 280 g/mol. The molecule has 0 heterocycles. The number of hydrogen-bond acceptors (Lipinski definition) is 1. The Morgan fingerprint density at radius 3 is 2.50 bits per heavy atom. The predicted octanol–water partition coefficient (Wildman–Crippen LogP) is 4.91. The Balaban J connectivity index is 2.46. The molecule has 0 unspecified atom stereocenters. The number of aryl methyl sites for hydroxylation is 1. The molecule has 0 aliphatic heterocycles. The van der Waals surface area contributed by atoms with Crippen LogP contribution in [0.2, 0.25) is 0 Å². The van der Waals surface area contributed by atoms with E-state index in [2.05, 4.69) is 0 Å². The first kappa shape index (κ1) is 14.4. The van der Waals surface area contributed by atoms with Crippen LogP contribution in [0, 0.1) is 24.4 Å². The van der Waals surface area contributed by atoms with E-state index in [1.807, 2.05) is 13.0 Å². The second-order valence-corrected chi connectivity index (χ2v) is 4.49. The van der Waals surface area contributed by atoms with E-state index in [4.69, 9.17) is 4.74 Å². The average molecular weight is 280 g/mol. The van der Waals surface area contributed by atoms with Crippen LogP contribution < -0.4 is 4.74 Å². The highest BCUT2D eigenvalue weighted by molar-refractivity contribution is 5.86. The largest absolute Gasteiger partial charge is 0.486 e. The molecule has 0 spiro atoms. The smallest absolute Gasteiger partial charge is 0.201 e. The van der Waals surface area contributed by atoms with Gasteiger partial charge in [-0.1, -0.05) is 31.2 Å². The molecular formula is C16H15F3O. The van der Waals surface area contributed by atoms with E-state index in [0.29, 0.717) is 0 Å². The van der Waals surface area contributed by atoms with Crippen LogP contribution in [0.4, 0.5) is 13.2 Å². The topological polar surface area (TPSA) is 9.23 Å². The molecule has 20 heavy (non-hydrogen) atoms. The first-order valence-corrected chi connectivity index (χ1v) is 6.40. The van der Waals surface area contributed by atoms with Crippen molar-refractivity contribution >= 4 is 10.8 Å². The summed E-state index contributed by atoms with van der Waals surface area (Å²) in [6.07, 6.45) is 4.41. The first-order chi connectivity index (χ1) is 9.56. The van der Waals surface area contributed by atoms with E-state index in [9.17, 15) is 13.2 Å². The van der Waals surface area contributed by atoms with Gasteiger partial charge in [0.2, 0.25) is 5.82 Å². The van der Waals surface area contributed by atoms with E-state index >= 15 is 0 Å². The molecule has 0 amide bonds. The summed E-state index contributed by atoms with van der Waals surface area (Å²) in [5.74, 6) is -3.32. The second kappa shape index (κ2) is 5.99. The molecule has 0 bridgehead atoms. The van der Waals surface area contributed by atoms with Crippen molar-refractivity contribution in [3.8, 4) is 5.75 Å². The molecule has 2 aromatic rings. The minimum absolute atomic E-state index is 0.143. The van der Waals surface area contributed by atoms with Gasteiger partial charge in [-0.3, -0.25) is 0 Å². The van der Waals surface area contributed by atoms with Crippen molar-refractivity contribution in [2.45, 2.75) is 20.3 Å². The van der Waals surface area contributed by atoms with Gasteiger partial charge in [0.05, 0.1) is 5.39 Å². The minimum Gasteiger partial charge on any atom is -0.486 e. The molecule has 1 nitrogen and oxygen atoms in total. The quantitative estimate of drug-likeness (QED) is 0.723. The van der Waals surface area contributed by atoms with E-state index in [1.165, 1.54) is 19.1 Å². The number of rotatable bonds is 4. The number of hydrogen-bond donors (Lipinski definition) is 0. The zero-order chi connectivity index (χ0) is 14.7. The zero-order valence-electron chi connectivity index (χ0n) is 11.3. The standard InChI is InChI=1S/C16H15F3O/c1-3-4-5-8-20-12-9-11-7-6-10(2)14(17)13(11)16(19)15(12)18/h4-7,9H,3,8H2,1-2H3/b5-4-. The predicted molar refractivity (Wildman–Crippen MR) is 73.5 cm³/mol. The summed E-state index contributed by atoms with van der Waals surface area (Å²) >= 11 is 0. The van der Waals surface area contributed by atoms with E-state index in [1.54, 1.807) is 12.1 Å². The maximum absolute atomic E-state index is 14.0. The normalized spacial score (nSPS) is 11.4. The van der Waals surface area contributed by atoms with Crippen molar-refractivity contribution in [2.75, 3.05) is 6.61 Å². The Hall–Kier alpha value is -1.97. The third-order valence-corrected chi connectivity index (χ3v) is 3.02. The van der Waals surface area contributed by atoms with Gasteiger partial charge in [-0.15, -0.1) is 0 Å². The third kappa shape index (κ3) is 2.64. The summed E-state index contributed by atoms with van der Waals surface area (Å²) in [6, 6.07) is 4.39. The highest BCUT2D eigenvalue weighted by Gasteiger charge is 2.18. The fourth-order valence-corrected chi connectivity index (χ4v) is 1.94. The Labute approximate surface area is 115 Å². The third-order valence-electron chi connectivity index (χ3n) is 3.02. The minimum atomic E-state index is -1.21. The Morgan fingerprint density at radius 2 is 1.80 bits per heavy atom. The van der Waals surface area contributed by atoms with Gasteiger partial charge in [0.1, 0.15) is 12.4 Å². The van der Waals surface area contributed by atoms with E-state index in [0.717, 1.165) is 6.42 Å². The maximum atomic E-state index is 14.0. The van der Waals surface area contributed by atoms with Crippen LogP contribution in [-0.2, 0) is 0 Å². The molecule has 0 aromatic heterocycles. The molecule has 2 aromatic carbocycles. The molecular weight excluding hydrogens is 265 g/mol. The number of allylic oxidation sites excluding steroid dienone is 1. The molecule has 0 N–H and O–H groups in total. The molecule has 0 radical (unpaired) electrons. The van der Waals surface area contributed by atoms with Crippen LogP contribution in [-0.4, -0.2) is 6.61 Å². The molecule has 4 heteroatoms. The van der Waals surface area contributed by atoms with Crippen LogP contribution in [0.15, 0.2) is 30.4 Å². The molecule has 0 atom stereocenters. The fraction of sp³-hybridized carbons (Fsp3) is 0.250. The highest BCUT2D eigenvalue weighted by Crippen LogP contribution is 2.31. The van der Waals surface area contributed by atoms with Crippen LogP contribution in [0.5, 0.6) is 5.75 Å². The number of benzene rings is 2. The Kier molecular flexibility index (Phi) is 4.32. The first-order valence-electron chi connectivity index (χ1n) is 6.40. The van der Waals surface area contributed by atoms with Crippen LogP contribution >= 0.6 is 0 Å². The summed E-state index contributed by atoms with van der Waals surface area (Å²) in [4.78, 5) is 0. The lowest BCUT2D eigenvalue weighted by Crippen LogP contribution is -2.00. The van der Waals surface area contributed by atoms with E-state index < -0.39 is 17.5 Å². The van der Waals surface area contributed by atoms with Crippen LogP contribution in [0.3, 0.4) is 0 Å². The molecule has 0 aliphatic rings. The van der Waals surface area contributed by atoms with Crippen molar-refractivity contribution in [1.29, 1.82) is 0 Å². The van der Waals surface area contributed by atoms with Gasteiger partial charge in [0, 0.05) is 0 Å². The van der Waals surface area contributed by atoms with Crippen LogP contribution in [0.25, 0.3) is 10.8 Å². The maximum Gasteiger partial charge on any atom is 0.201 e. The van der Waals surface area contributed by atoms with Gasteiger partial charge in [-0.2, -0.15) is 4.39 Å². The molecule has 0 saturated carbocycles. The molecule has 2 rings (SSSR count). The Morgan fingerprint density at radius 1 is 1.05 bits per heavy atom. The lowest BCUT2D eigenvalue weighted by Gasteiger charge is -2.10. The fourth-order valence-electron chi connectivity index (χ4n) is 1.94. The lowest BCUT2D eigenvalue weighted by atomic mass is 10.1. The van der Waals surface area contributed by atoms with Crippen LogP contribution in [0.1, 0.15) is 18.9 Å². The van der Waals surface area contributed by atoms with Gasteiger partial charge in [0.15, 0.2) is 11.6 Å². The average Bonchev–Trinajstić information content (AvgIpc) is 2.44. The van der Waals surface area contributed by atoms with Crippen molar-refractivity contribution in [3.05, 3.63) is 53.4 Å².